The Hall–Kier alpha value is -0.460. The maximum absolute atomic E-state index is 12.5. The molecule has 0 N–H and O–H groups in total. The van der Waals surface area contributed by atoms with Crippen molar-refractivity contribution in [2.24, 2.45) is 0 Å². The number of rotatable bonds is 1. The highest BCUT2D eigenvalue weighted by atomic mass is 79.9. The van der Waals surface area contributed by atoms with Gasteiger partial charge in [0.15, 0.2) is 0 Å². The molecule has 0 saturated heterocycles. The second-order valence-corrected chi connectivity index (χ2v) is 6.23. The van der Waals surface area contributed by atoms with Crippen LogP contribution in [0.3, 0.4) is 0 Å². The summed E-state index contributed by atoms with van der Waals surface area (Å²) in [5.74, 6) is 0. The molecular weight excluding hydrogens is 337 g/mol. The Labute approximate surface area is 102 Å². The largest absolute Gasteiger partial charge is 0.352 e. The van der Waals surface area contributed by atoms with E-state index in [1.165, 1.54) is 0 Å². The fraction of sp³-hybridized carbons (Fsp3) is 0. The second-order valence-electron chi connectivity index (χ2n) is 2.80. The van der Waals surface area contributed by atoms with Crippen LogP contribution in [0.2, 0.25) is 0 Å². The maximum Gasteiger partial charge on any atom is 0.352 e. The monoisotopic (exact) mass is 340 g/mol. The predicted octanol–water partition coefficient (Wildman–Crippen LogP) is 5.96. The van der Waals surface area contributed by atoms with E-state index in [4.69, 9.17) is 0 Å². The lowest BCUT2D eigenvalue weighted by Crippen LogP contribution is -2.06. The molecule has 16 heavy (non-hydrogen) atoms. The van der Waals surface area contributed by atoms with E-state index in [1.54, 1.807) is 0 Å². The molecule has 0 saturated carbocycles. The van der Waals surface area contributed by atoms with Crippen LogP contribution in [0.25, 0.3) is 4.85 Å². The first-order valence-electron chi connectivity index (χ1n) is 3.57. The summed E-state index contributed by atoms with van der Waals surface area (Å²) in [6, 6.07) is 2.21. The van der Waals surface area contributed by atoms with Gasteiger partial charge in [0, 0.05) is 10.5 Å². The minimum Gasteiger partial charge on any atom is -0.0936 e. The Morgan fingerprint density at radius 3 is 2.19 bits per heavy atom. The van der Waals surface area contributed by atoms with Crippen LogP contribution in [-0.4, -0.2) is 0 Å². The average molecular weight is 341 g/mol. The van der Waals surface area contributed by atoms with Gasteiger partial charge in [-0.25, -0.2) is 0 Å². The van der Waals surface area contributed by atoms with E-state index >= 15 is 0 Å². The molecule has 0 radical (unpaired) electrons. The number of thiocyanates is 1. The lowest BCUT2D eigenvalue weighted by atomic mass is 10.3. The zero-order chi connectivity index (χ0) is 12.7. The minimum absolute atomic E-state index is 0.245. The summed E-state index contributed by atoms with van der Waals surface area (Å²) >= 11 is 5.85. The molecule has 1 aromatic rings. The Bertz CT molecular complexity index is 500. The molecule has 0 spiro atoms. The normalized spacial score (nSPS) is 15.7. The molecule has 0 aliphatic carbocycles. The SMILES string of the molecule is FS(F)(F)(F)(F)c1cc([N+]#CS)ccc1Br. The topological polar surface area (TPSA) is 4.36 Å². The molecule has 1 nitrogen and oxygen atoms in total. The summed E-state index contributed by atoms with van der Waals surface area (Å²) in [7, 11) is -9.70. The van der Waals surface area contributed by atoms with E-state index in [-0.39, 0.29) is 11.8 Å². The molecule has 0 aromatic heterocycles. The summed E-state index contributed by atoms with van der Waals surface area (Å²) in [5, 5.41) is 1.91. The van der Waals surface area contributed by atoms with Crippen molar-refractivity contribution in [3.8, 4) is 5.40 Å². The van der Waals surface area contributed by atoms with Gasteiger partial charge in [0.1, 0.15) is 4.90 Å². The van der Waals surface area contributed by atoms with Gasteiger partial charge in [-0.3, -0.25) is 0 Å². The molecule has 9 heteroatoms. The smallest absolute Gasteiger partial charge is 0.0936 e. The van der Waals surface area contributed by atoms with Crippen LogP contribution in [0.4, 0.5) is 25.1 Å². The summed E-state index contributed by atoms with van der Waals surface area (Å²) in [6.07, 6.45) is 0. The highest BCUT2D eigenvalue weighted by Gasteiger charge is 2.66. The van der Waals surface area contributed by atoms with E-state index in [1.807, 2.05) is 5.40 Å². The van der Waals surface area contributed by atoms with Gasteiger partial charge in [-0.15, -0.1) is 0 Å². The van der Waals surface area contributed by atoms with Crippen molar-refractivity contribution >= 4 is 44.5 Å². The molecule has 0 aliphatic rings. The standard InChI is InChI=1S/C7H3BrF5NS2/c8-6-2-1-5(14-4-15)3-7(6)16(9,10,11,12)13/h1-3H/p+1. The van der Waals surface area contributed by atoms with Crippen LogP contribution in [-0.2, 0) is 0 Å². The molecule has 0 bridgehead atoms. The van der Waals surface area contributed by atoms with E-state index in [0.29, 0.717) is 0 Å². The number of thiol groups is 1. The quantitative estimate of drug-likeness (QED) is 0.365. The number of hydrogen-bond donors (Lipinski definition) is 1. The molecule has 1 aromatic carbocycles. The van der Waals surface area contributed by atoms with Crippen LogP contribution in [0, 0.1) is 5.40 Å². The van der Waals surface area contributed by atoms with E-state index in [2.05, 4.69) is 33.4 Å². The highest BCUT2D eigenvalue weighted by Crippen LogP contribution is 3.02. The van der Waals surface area contributed by atoms with Crippen LogP contribution in [0.1, 0.15) is 0 Å². The summed E-state index contributed by atoms with van der Waals surface area (Å²) in [6.45, 7) is 0. The van der Waals surface area contributed by atoms with Gasteiger partial charge in [-0.05, 0) is 39.5 Å². The summed E-state index contributed by atoms with van der Waals surface area (Å²) < 4.78 is 61.9. The lowest BCUT2D eigenvalue weighted by Gasteiger charge is -2.40. The van der Waals surface area contributed by atoms with Crippen molar-refractivity contribution in [1.82, 2.24) is 0 Å². The van der Waals surface area contributed by atoms with Gasteiger partial charge in [-0.1, -0.05) is 19.4 Å². The molecule has 0 unspecified atom stereocenters. The third-order valence-corrected chi connectivity index (χ3v) is 3.73. The third kappa shape index (κ3) is 3.26. The third-order valence-electron chi connectivity index (χ3n) is 1.51. The number of benzene rings is 1. The molecule has 0 aliphatic heterocycles. The van der Waals surface area contributed by atoms with Crippen molar-refractivity contribution in [2.45, 2.75) is 4.90 Å². The molecule has 0 atom stereocenters. The Kier molecular flexibility index (Phi) is 2.78. The minimum atomic E-state index is -9.70. The van der Waals surface area contributed by atoms with Gasteiger partial charge in [0.05, 0.1) is 6.07 Å². The van der Waals surface area contributed by atoms with Gasteiger partial charge in [0.25, 0.3) is 0 Å². The molecule has 1 rings (SSSR count). The van der Waals surface area contributed by atoms with Crippen LogP contribution in [0.15, 0.2) is 27.6 Å². The highest BCUT2D eigenvalue weighted by molar-refractivity contribution is 9.10. The average Bonchev–Trinajstić information content (AvgIpc) is 2.04. The van der Waals surface area contributed by atoms with Crippen LogP contribution in [0.5, 0.6) is 0 Å². The van der Waals surface area contributed by atoms with Gasteiger partial charge in [-0.2, -0.15) is 0 Å². The fourth-order valence-electron chi connectivity index (χ4n) is 0.915. The summed E-state index contributed by atoms with van der Waals surface area (Å²) in [4.78, 5) is 1.25. The van der Waals surface area contributed by atoms with E-state index in [9.17, 15) is 19.4 Å². The number of hydrogen-bond acceptors (Lipinski definition) is 1. The first kappa shape index (κ1) is 13.6. The first-order valence-corrected chi connectivity index (χ1v) is 6.76. The van der Waals surface area contributed by atoms with Gasteiger partial charge >= 0.3 is 21.3 Å². The van der Waals surface area contributed by atoms with Crippen molar-refractivity contribution in [1.29, 1.82) is 0 Å². The number of nitrogens with zero attached hydrogens (tertiary/aromatic N) is 1. The van der Waals surface area contributed by atoms with Gasteiger partial charge < -0.3 is 0 Å². The molecule has 0 amide bonds. The molecular formula is C7H4BrF5NS2+. The zero-order valence-corrected chi connectivity index (χ0v) is 10.6. The Morgan fingerprint density at radius 2 is 1.75 bits per heavy atom. The maximum atomic E-state index is 12.5. The Morgan fingerprint density at radius 1 is 1.19 bits per heavy atom. The molecule has 90 valence electrons. The lowest BCUT2D eigenvalue weighted by molar-refractivity contribution is 0.363. The number of halogens is 6. The van der Waals surface area contributed by atoms with E-state index < -0.39 is 19.6 Å². The Balaban J connectivity index is 3.57. The molecule has 0 fully saturated rings. The van der Waals surface area contributed by atoms with Gasteiger partial charge in [0.2, 0.25) is 0 Å². The van der Waals surface area contributed by atoms with Crippen LogP contribution >= 0.6 is 38.8 Å². The molecule has 0 heterocycles. The fourth-order valence-corrected chi connectivity index (χ4v) is 2.97. The second kappa shape index (κ2) is 3.27. The van der Waals surface area contributed by atoms with Crippen molar-refractivity contribution in [2.75, 3.05) is 0 Å². The first-order chi connectivity index (χ1) is 6.94. The van der Waals surface area contributed by atoms with Crippen molar-refractivity contribution in [3.63, 3.8) is 0 Å². The summed E-state index contributed by atoms with van der Waals surface area (Å²) in [5.41, 5.74) is -0.304. The zero-order valence-electron chi connectivity index (χ0n) is 7.30. The van der Waals surface area contributed by atoms with Crippen molar-refractivity contribution in [3.05, 3.63) is 27.5 Å². The van der Waals surface area contributed by atoms with Crippen LogP contribution < -0.4 is 0 Å². The van der Waals surface area contributed by atoms with Crippen molar-refractivity contribution < 1.29 is 19.4 Å². The van der Waals surface area contributed by atoms with E-state index in [0.717, 1.165) is 12.1 Å². The predicted molar refractivity (Wildman–Crippen MR) is 61.4 cm³/mol.